The molecule has 2 N–H and O–H groups in total. The molecule has 1 amide bonds. The Balaban J connectivity index is 1.81. The molecule has 5 heteroatoms. The van der Waals surface area contributed by atoms with E-state index in [1.54, 1.807) is 23.6 Å². The summed E-state index contributed by atoms with van der Waals surface area (Å²) in [7, 11) is 0. The van der Waals surface area contributed by atoms with E-state index >= 15 is 0 Å². The molecule has 0 saturated heterocycles. The fourth-order valence-electron chi connectivity index (χ4n) is 2.00. The third kappa shape index (κ3) is 2.24. The molecular formula is C14H13N3OS. The standard InChI is InChI=1S/C14H13N3OS/c1-9-5-6-19-12(9)8-15-14(18)11-4-2-3-10-7-16-17-13(10)11/h2-7H,8H2,1H3,(H,15,18)(H,16,17). The average Bonchev–Trinajstić information content (AvgIpc) is 3.04. The minimum absolute atomic E-state index is 0.0809. The first-order valence-electron chi connectivity index (χ1n) is 5.99. The van der Waals surface area contributed by atoms with Crippen molar-refractivity contribution in [3.05, 3.63) is 51.8 Å². The summed E-state index contributed by atoms with van der Waals surface area (Å²) < 4.78 is 0. The molecule has 0 aliphatic rings. The molecular weight excluding hydrogens is 258 g/mol. The number of aromatic amines is 1. The van der Waals surface area contributed by atoms with Crippen LogP contribution in [0.15, 0.2) is 35.8 Å². The lowest BCUT2D eigenvalue weighted by Crippen LogP contribution is -2.22. The fourth-order valence-corrected chi connectivity index (χ4v) is 2.84. The van der Waals surface area contributed by atoms with E-state index in [2.05, 4.69) is 21.6 Å². The lowest BCUT2D eigenvalue weighted by atomic mass is 10.1. The molecule has 1 aromatic carbocycles. The average molecular weight is 271 g/mol. The number of aromatic nitrogens is 2. The summed E-state index contributed by atoms with van der Waals surface area (Å²) in [6.07, 6.45) is 1.72. The van der Waals surface area contributed by atoms with Gasteiger partial charge in [0.15, 0.2) is 0 Å². The number of thiophene rings is 1. The maximum Gasteiger partial charge on any atom is 0.253 e. The molecule has 0 unspecified atom stereocenters. The van der Waals surface area contributed by atoms with Gasteiger partial charge in [-0.1, -0.05) is 12.1 Å². The third-order valence-corrected chi connectivity index (χ3v) is 4.12. The van der Waals surface area contributed by atoms with E-state index in [1.165, 1.54) is 10.4 Å². The molecule has 0 bridgehead atoms. The SMILES string of the molecule is Cc1ccsc1CNC(=O)c1cccc2cn[nH]c12. The second-order valence-corrected chi connectivity index (χ2v) is 5.35. The van der Waals surface area contributed by atoms with Gasteiger partial charge < -0.3 is 5.32 Å². The summed E-state index contributed by atoms with van der Waals surface area (Å²) in [5.41, 5.74) is 2.62. The number of aryl methyl sites for hydroxylation is 1. The number of hydrogen-bond acceptors (Lipinski definition) is 3. The van der Waals surface area contributed by atoms with Gasteiger partial charge in [0.25, 0.3) is 5.91 Å². The topological polar surface area (TPSA) is 57.8 Å². The molecule has 0 aliphatic heterocycles. The third-order valence-electron chi connectivity index (χ3n) is 3.10. The number of nitrogens with zero attached hydrogens (tertiary/aromatic N) is 1. The van der Waals surface area contributed by atoms with Crippen molar-refractivity contribution in [1.82, 2.24) is 15.5 Å². The van der Waals surface area contributed by atoms with Crippen molar-refractivity contribution >= 4 is 28.1 Å². The van der Waals surface area contributed by atoms with E-state index in [0.29, 0.717) is 12.1 Å². The number of carbonyl (C=O) groups is 1. The Morgan fingerprint density at radius 3 is 3.11 bits per heavy atom. The normalized spacial score (nSPS) is 10.8. The first-order valence-corrected chi connectivity index (χ1v) is 6.87. The number of benzene rings is 1. The highest BCUT2D eigenvalue weighted by Crippen LogP contribution is 2.17. The zero-order valence-electron chi connectivity index (χ0n) is 10.4. The molecule has 0 fully saturated rings. The molecule has 0 spiro atoms. The Hall–Kier alpha value is -2.14. The lowest BCUT2D eigenvalue weighted by Gasteiger charge is -2.05. The van der Waals surface area contributed by atoms with Crippen molar-refractivity contribution in [3.63, 3.8) is 0 Å². The quantitative estimate of drug-likeness (QED) is 0.769. The molecule has 19 heavy (non-hydrogen) atoms. The number of para-hydroxylation sites is 1. The van der Waals surface area contributed by atoms with E-state index in [1.807, 2.05) is 24.4 Å². The maximum atomic E-state index is 12.2. The van der Waals surface area contributed by atoms with Crippen molar-refractivity contribution in [3.8, 4) is 0 Å². The van der Waals surface area contributed by atoms with Gasteiger partial charge >= 0.3 is 0 Å². The molecule has 2 heterocycles. The molecule has 3 aromatic rings. The number of amides is 1. The van der Waals surface area contributed by atoms with Crippen LogP contribution in [0.1, 0.15) is 20.8 Å². The summed E-state index contributed by atoms with van der Waals surface area (Å²) in [4.78, 5) is 13.4. The Labute approximate surface area is 114 Å². The van der Waals surface area contributed by atoms with Gasteiger partial charge in [0.2, 0.25) is 0 Å². The molecule has 96 valence electrons. The zero-order chi connectivity index (χ0) is 13.2. The Bertz CT molecular complexity index is 729. The Kier molecular flexibility index (Phi) is 3.05. The number of H-pyrrole nitrogens is 1. The van der Waals surface area contributed by atoms with E-state index in [0.717, 1.165) is 10.9 Å². The van der Waals surface area contributed by atoms with Gasteiger partial charge in [0.05, 0.1) is 23.8 Å². The summed E-state index contributed by atoms with van der Waals surface area (Å²) >= 11 is 1.66. The predicted molar refractivity (Wildman–Crippen MR) is 76.3 cm³/mol. The Morgan fingerprint density at radius 2 is 2.32 bits per heavy atom. The largest absolute Gasteiger partial charge is 0.347 e. The molecule has 0 radical (unpaired) electrons. The number of carbonyl (C=O) groups excluding carboxylic acids is 1. The number of hydrogen-bond donors (Lipinski definition) is 2. The van der Waals surface area contributed by atoms with Crippen LogP contribution in [0.3, 0.4) is 0 Å². The van der Waals surface area contributed by atoms with E-state index in [-0.39, 0.29) is 5.91 Å². The minimum atomic E-state index is -0.0809. The monoisotopic (exact) mass is 271 g/mol. The highest BCUT2D eigenvalue weighted by Gasteiger charge is 2.11. The summed E-state index contributed by atoms with van der Waals surface area (Å²) in [5.74, 6) is -0.0809. The van der Waals surface area contributed by atoms with Gasteiger partial charge in [-0.25, -0.2) is 0 Å². The second kappa shape index (κ2) is 4.85. The van der Waals surface area contributed by atoms with Crippen LogP contribution in [0.5, 0.6) is 0 Å². The first kappa shape index (κ1) is 11.9. The van der Waals surface area contributed by atoms with Crippen LogP contribution in [0.4, 0.5) is 0 Å². The zero-order valence-corrected chi connectivity index (χ0v) is 11.3. The molecule has 0 saturated carbocycles. The van der Waals surface area contributed by atoms with Gasteiger partial charge in [-0.2, -0.15) is 5.10 Å². The van der Waals surface area contributed by atoms with Gasteiger partial charge in [-0.15, -0.1) is 11.3 Å². The van der Waals surface area contributed by atoms with Crippen LogP contribution >= 0.6 is 11.3 Å². The van der Waals surface area contributed by atoms with Crippen LogP contribution < -0.4 is 5.32 Å². The lowest BCUT2D eigenvalue weighted by molar-refractivity contribution is 0.0953. The van der Waals surface area contributed by atoms with Crippen molar-refractivity contribution in [2.75, 3.05) is 0 Å². The number of fused-ring (bicyclic) bond motifs is 1. The maximum absolute atomic E-state index is 12.2. The van der Waals surface area contributed by atoms with Crippen molar-refractivity contribution in [1.29, 1.82) is 0 Å². The van der Waals surface area contributed by atoms with Crippen LogP contribution in [0.25, 0.3) is 10.9 Å². The van der Waals surface area contributed by atoms with Crippen LogP contribution in [0.2, 0.25) is 0 Å². The van der Waals surface area contributed by atoms with E-state index < -0.39 is 0 Å². The van der Waals surface area contributed by atoms with Crippen LogP contribution in [0, 0.1) is 6.92 Å². The number of nitrogens with one attached hydrogen (secondary N) is 2. The smallest absolute Gasteiger partial charge is 0.253 e. The summed E-state index contributed by atoms with van der Waals surface area (Å²) in [6, 6.07) is 7.65. The molecule has 0 atom stereocenters. The van der Waals surface area contributed by atoms with Crippen molar-refractivity contribution < 1.29 is 4.79 Å². The van der Waals surface area contributed by atoms with Gasteiger partial charge in [-0.05, 0) is 30.0 Å². The highest BCUT2D eigenvalue weighted by atomic mass is 32.1. The van der Waals surface area contributed by atoms with Crippen LogP contribution in [-0.2, 0) is 6.54 Å². The van der Waals surface area contributed by atoms with Crippen molar-refractivity contribution in [2.45, 2.75) is 13.5 Å². The number of rotatable bonds is 3. The van der Waals surface area contributed by atoms with Gasteiger partial charge in [-0.3, -0.25) is 9.89 Å². The Morgan fingerprint density at radius 1 is 1.42 bits per heavy atom. The molecule has 0 aliphatic carbocycles. The summed E-state index contributed by atoms with van der Waals surface area (Å²) in [6.45, 7) is 2.61. The fraction of sp³-hybridized carbons (Fsp3) is 0.143. The second-order valence-electron chi connectivity index (χ2n) is 4.35. The predicted octanol–water partition coefficient (Wildman–Crippen LogP) is 2.86. The van der Waals surface area contributed by atoms with Gasteiger partial charge in [0.1, 0.15) is 0 Å². The van der Waals surface area contributed by atoms with Gasteiger partial charge in [0, 0.05) is 10.3 Å². The first-order chi connectivity index (χ1) is 9.25. The highest BCUT2D eigenvalue weighted by molar-refractivity contribution is 7.10. The molecule has 3 rings (SSSR count). The van der Waals surface area contributed by atoms with Crippen molar-refractivity contribution in [2.24, 2.45) is 0 Å². The molecule has 2 aromatic heterocycles. The molecule has 4 nitrogen and oxygen atoms in total. The summed E-state index contributed by atoms with van der Waals surface area (Å²) in [5, 5.41) is 12.8. The van der Waals surface area contributed by atoms with Crippen LogP contribution in [-0.4, -0.2) is 16.1 Å². The van der Waals surface area contributed by atoms with E-state index in [4.69, 9.17) is 0 Å². The minimum Gasteiger partial charge on any atom is -0.347 e. The van der Waals surface area contributed by atoms with E-state index in [9.17, 15) is 4.79 Å².